The van der Waals surface area contributed by atoms with Crippen LogP contribution < -0.4 is 9.62 Å². The van der Waals surface area contributed by atoms with Gasteiger partial charge in [-0.1, -0.05) is 12.1 Å². The van der Waals surface area contributed by atoms with E-state index in [0.717, 1.165) is 17.4 Å². The molecular weight excluding hydrogens is 316 g/mol. The third kappa shape index (κ3) is 6.09. The van der Waals surface area contributed by atoms with Crippen LogP contribution in [-0.4, -0.2) is 39.5 Å². The molecule has 0 spiro atoms. The van der Waals surface area contributed by atoms with Crippen molar-refractivity contribution in [1.29, 1.82) is 0 Å². The van der Waals surface area contributed by atoms with Gasteiger partial charge in [-0.15, -0.1) is 0 Å². The van der Waals surface area contributed by atoms with Gasteiger partial charge in [0.05, 0.1) is 18.5 Å². The van der Waals surface area contributed by atoms with E-state index in [1.807, 2.05) is 26.0 Å². The fourth-order valence-electron chi connectivity index (χ4n) is 2.04. The number of anilines is 1. The van der Waals surface area contributed by atoms with Gasteiger partial charge in [0.15, 0.2) is 0 Å². The van der Waals surface area contributed by atoms with Gasteiger partial charge in [0.2, 0.25) is 10.0 Å². The minimum atomic E-state index is -3.45. The Balaban J connectivity index is 2.83. The average Bonchev–Trinajstić information content (AvgIpc) is 2.35. The van der Waals surface area contributed by atoms with Gasteiger partial charge in [0.25, 0.3) is 0 Å². The van der Waals surface area contributed by atoms with Crippen LogP contribution in [0.1, 0.15) is 31.9 Å². The molecule has 0 unspecified atom stereocenters. The van der Waals surface area contributed by atoms with Gasteiger partial charge < -0.3 is 10.1 Å². The largest absolute Gasteiger partial charge is 0.444 e. The first-order valence-electron chi connectivity index (χ1n) is 7.42. The first-order valence-corrected chi connectivity index (χ1v) is 9.27. The van der Waals surface area contributed by atoms with E-state index in [0.29, 0.717) is 5.69 Å². The summed E-state index contributed by atoms with van der Waals surface area (Å²) >= 11 is 0. The van der Waals surface area contributed by atoms with E-state index in [1.165, 1.54) is 4.31 Å². The summed E-state index contributed by atoms with van der Waals surface area (Å²) in [6.07, 6.45) is 0.592. The van der Waals surface area contributed by atoms with Crippen LogP contribution in [0.15, 0.2) is 18.2 Å². The lowest BCUT2D eigenvalue weighted by molar-refractivity contribution is 0.0529. The van der Waals surface area contributed by atoms with Crippen LogP contribution in [0.25, 0.3) is 0 Å². The Bertz CT molecular complexity index is 663. The Morgan fingerprint density at radius 3 is 2.39 bits per heavy atom. The number of carbonyl (C=O) groups excluding carboxylic acids is 1. The topological polar surface area (TPSA) is 75.7 Å². The standard InChI is InChI=1S/C16H26N2O4S/c1-12-8-7-9-14(13(12)2)18(23(6,20)21)11-10-17-15(19)22-16(3,4)5/h7-9H,10-11H2,1-6H3,(H,17,19). The summed E-state index contributed by atoms with van der Waals surface area (Å²) in [5.74, 6) is 0. The number of hydrogen-bond donors (Lipinski definition) is 1. The molecule has 0 aliphatic rings. The fourth-order valence-corrected chi connectivity index (χ4v) is 3.02. The molecule has 0 aliphatic carbocycles. The monoisotopic (exact) mass is 342 g/mol. The number of ether oxygens (including phenoxy) is 1. The number of alkyl carbamates (subject to hydrolysis) is 1. The molecule has 1 aromatic rings. The number of carbonyl (C=O) groups is 1. The third-order valence-electron chi connectivity index (χ3n) is 3.23. The van der Waals surface area contributed by atoms with Crippen molar-refractivity contribution in [3.05, 3.63) is 29.3 Å². The van der Waals surface area contributed by atoms with Gasteiger partial charge in [-0.2, -0.15) is 0 Å². The Morgan fingerprint density at radius 2 is 1.87 bits per heavy atom. The molecule has 0 saturated heterocycles. The third-order valence-corrected chi connectivity index (χ3v) is 4.41. The Labute approximate surface area is 138 Å². The minimum absolute atomic E-state index is 0.141. The summed E-state index contributed by atoms with van der Waals surface area (Å²) in [6, 6.07) is 5.51. The first-order chi connectivity index (χ1) is 10.4. The Morgan fingerprint density at radius 1 is 1.26 bits per heavy atom. The maximum absolute atomic E-state index is 12.1. The highest BCUT2D eigenvalue weighted by Crippen LogP contribution is 2.24. The SMILES string of the molecule is Cc1cccc(N(CCNC(=O)OC(C)(C)C)S(C)(=O)=O)c1C. The lowest BCUT2D eigenvalue weighted by atomic mass is 10.1. The molecule has 0 radical (unpaired) electrons. The maximum Gasteiger partial charge on any atom is 0.407 e. The summed E-state index contributed by atoms with van der Waals surface area (Å²) in [7, 11) is -3.45. The second-order valence-corrected chi connectivity index (χ2v) is 8.39. The molecular formula is C16H26N2O4S. The van der Waals surface area contributed by atoms with E-state index in [4.69, 9.17) is 4.74 Å². The van der Waals surface area contributed by atoms with Crippen molar-refractivity contribution in [1.82, 2.24) is 5.32 Å². The van der Waals surface area contributed by atoms with Crippen molar-refractivity contribution in [2.24, 2.45) is 0 Å². The first kappa shape index (κ1) is 19.3. The van der Waals surface area contributed by atoms with Gasteiger partial charge in [0.1, 0.15) is 5.60 Å². The number of sulfonamides is 1. The van der Waals surface area contributed by atoms with Crippen molar-refractivity contribution in [2.75, 3.05) is 23.7 Å². The second kappa shape index (κ2) is 7.21. The fraction of sp³-hybridized carbons (Fsp3) is 0.562. The van der Waals surface area contributed by atoms with Crippen molar-refractivity contribution < 1.29 is 17.9 Å². The van der Waals surface area contributed by atoms with E-state index in [-0.39, 0.29) is 13.1 Å². The average molecular weight is 342 g/mol. The Kier molecular flexibility index (Phi) is 6.04. The van der Waals surface area contributed by atoms with E-state index < -0.39 is 21.7 Å². The van der Waals surface area contributed by atoms with Crippen molar-refractivity contribution in [3.63, 3.8) is 0 Å². The van der Waals surface area contributed by atoms with E-state index >= 15 is 0 Å². The van der Waals surface area contributed by atoms with Crippen molar-refractivity contribution in [2.45, 2.75) is 40.2 Å². The molecule has 0 atom stereocenters. The maximum atomic E-state index is 12.1. The normalized spacial score (nSPS) is 11.9. The van der Waals surface area contributed by atoms with Crippen molar-refractivity contribution >= 4 is 21.8 Å². The van der Waals surface area contributed by atoms with Crippen LogP contribution >= 0.6 is 0 Å². The molecule has 0 bridgehead atoms. The molecule has 1 rings (SSSR count). The smallest absolute Gasteiger partial charge is 0.407 e. The van der Waals surface area contributed by atoms with Gasteiger partial charge in [0, 0.05) is 6.54 Å². The lowest BCUT2D eigenvalue weighted by Crippen LogP contribution is -2.40. The van der Waals surface area contributed by atoms with Crippen LogP contribution in [0.3, 0.4) is 0 Å². The predicted molar refractivity (Wildman–Crippen MR) is 92.3 cm³/mol. The highest BCUT2D eigenvalue weighted by Gasteiger charge is 2.21. The quantitative estimate of drug-likeness (QED) is 0.892. The van der Waals surface area contributed by atoms with Crippen LogP contribution in [0.4, 0.5) is 10.5 Å². The number of rotatable bonds is 5. The number of nitrogens with zero attached hydrogens (tertiary/aromatic N) is 1. The zero-order valence-electron chi connectivity index (χ0n) is 14.6. The summed E-state index contributed by atoms with van der Waals surface area (Å²) in [4.78, 5) is 11.6. The van der Waals surface area contributed by atoms with E-state index in [2.05, 4.69) is 5.32 Å². The number of benzene rings is 1. The lowest BCUT2D eigenvalue weighted by Gasteiger charge is -2.25. The van der Waals surface area contributed by atoms with E-state index in [1.54, 1.807) is 26.8 Å². The van der Waals surface area contributed by atoms with Crippen LogP contribution in [0.5, 0.6) is 0 Å². The zero-order chi connectivity index (χ0) is 17.8. The molecule has 0 fully saturated rings. The molecule has 1 aromatic carbocycles. The van der Waals surface area contributed by atoms with Gasteiger partial charge >= 0.3 is 6.09 Å². The molecule has 130 valence electrons. The van der Waals surface area contributed by atoms with E-state index in [9.17, 15) is 13.2 Å². The minimum Gasteiger partial charge on any atom is -0.444 e. The number of nitrogens with one attached hydrogen (secondary N) is 1. The Hall–Kier alpha value is -1.76. The molecule has 1 N–H and O–H groups in total. The molecule has 23 heavy (non-hydrogen) atoms. The number of aryl methyl sites for hydroxylation is 1. The van der Waals surface area contributed by atoms with Crippen LogP contribution in [0, 0.1) is 13.8 Å². The summed E-state index contributed by atoms with van der Waals surface area (Å²) in [5.41, 5.74) is 1.94. The second-order valence-electron chi connectivity index (χ2n) is 6.48. The van der Waals surface area contributed by atoms with Gasteiger partial charge in [-0.3, -0.25) is 4.31 Å². The van der Waals surface area contributed by atoms with Crippen molar-refractivity contribution in [3.8, 4) is 0 Å². The number of amides is 1. The number of hydrogen-bond acceptors (Lipinski definition) is 4. The summed E-state index contributed by atoms with van der Waals surface area (Å²) in [5, 5.41) is 2.58. The zero-order valence-corrected chi connectivity index (χ0v) is 15.5. The highest BCUT2D eigenvalue weighted by atomic mass is 32.2. The molecule has 0 aromatic heterocycles. The molecule has 0 aliphatic heterocycles. The summed E-state index contributed by atoms with van der Waals surface area (Å²) < 4.78 is 30.6. The molecule has 6 nitrogen and oxygen atoms in total. The molecule has 0 saturated carbocycles. The van der Waals surface area contributed by atoms with Crippen LogP contribution in [0.2, 0.25) is 0 Å². The predicted octanol–water partition coefficient (Wildman–Crippen LogP) is 2.59. The highest BCUT2D eigenvalue weighted by molar-refractivity contribution is 7.92. The summed E-state index contributed by atoms with van der Waals surface area (Å²) in [6.45, 7) is 9.42. The van der Waals surface area contributed by atoms with Gasteiger partial charge in [-0.05, 0) is 51.8 Å². The molecule has 0 heterocycles. The molecule has 7 heteroatoms. The van der Waals surface area contributed by atoms with Gasteiger partial charge in [-0.25, -0.2) is 13.2 Å². The van der Waals surface area contributed by atoms with Crippen LogP contribution in [-0.2, 0) is 14.8 Å². The molecule has 1 amide bonds.